The first-order chi connectivity index (χ1) is 10.7. The van der Waals surface area contributed by atoms with Crippen LogP contribution in [0.15, 0.2) is 30.5 Å². The number of carbonyl (C=O) groups is 1. The van der Waals surface area contributed by atoms with Gasteiger partial charge >= 0.3 is 5.97 Å². The van der Waals surface area contributed by atoms with Crippen LogP contribution in [0.25, 0.3) is 21.8 Å². The zero-order chi connectivity index (χ0) is 15.3. The van der Waals surface area contributed by atoms with E-state index in [1.54, 1.807) is 13.3 Å². The Labute approximate surface area is 126 Å². The van der Waals surface area contributed by atoms with Crippen molar-refractivity contribution in [3.63, 3.8) is 0 Å². The fourth-order valence-corrected chi connectivity index (χ4v) is 3.37. The molecule has 0 saturated heterocycles. The second kappa shape index (κ2) is 4.47. The van der Waals surface area contributed by atoms with Gasteiger partial charge in [-0.1, -0.05) is 6.42 Å². The van der Waals surface area contributed by atoms with Crippen LogP contribution in [-0.4, -0.2) is 28.2 Å². The summed E-state index contributed by atoms with van der Waals surface area (Å²) < 4.78 is 5.29. The lowest BCUT2D eigenvalue weighted by Crippen LogP contribution is -2.43. The highest BCUT2D eigenvalue weighted by Gasteiger charge is 2.48. The van der Waals surface area contributed by atoms with Gasteiger partial charge in [0.15, 0.2) is 0 Å². The van der Waals surface area contributed by atoms with Crippen LogP contribution >= 0.6 is 0 Å². The van der Waals surface area contributed by atoms with Crippen molar-refractivity contribution in [1.82, 2.24) is 9.97 Å². The summed E-state index contributed by atoms with van der Waals surface area (Å²) in [5.41, 5.74) is 1.60. The fourth-order valence-electron chi connectivity index (χ4n) is 3.37. The van der Waals surface area contributed by atoms with E-state index in [0.29, 0.717) is 18.5 Å². The van der Waals surface area contributed by atoms with Crippen molar-refractivity contribution in [2.75, 3.05) is 7.11 Å². The predicted molar refractivity (Wildman–Crippen MR) is 83.3 cm³/mol. The van der Waals surface area contributed by atoms with E-state index in [-0.39, 0.29) is 0 Å². The number of hydrogen-bond acceptors (Lipinski definition) is 3. The molecule has 0 unspecified atom stereocenters. The van der Waals surface area contributed by atoms with Crippen LogP contribution in [0.3, 0.4) is 0 Å². The highest BCUT2D eigenvalue weighted by molar-refractivity contribution is 6.09. The number of pyridine rings is 1. The second-order valence-electron chi connectivity index (χ2n) is 5.86. The van der Waals surface area contributed by atoms with E-state index in [1.807, 2.05) is 24.3 Å². The Morgan fingerprint density at radius 3 is 2.77 bits per heavy atom. The Kier molecular flexibility index (Phi) is 2.66. The normalized spacial score (nSPS) is 16.6. The molecule has 0 atom stereocenters. The number of nitrogens with one attached hydrogen (secondary N) is 1. The van der Waals surface area contributed by atoms with Gasteiger partial charge < -0.3 is 14.8 Å². The van der Waals surface area contributed by atoms with Crippen LogP contribution in [0.1, 0.15) is 25.0 Å². The number of hydrogen-bond donors (Lipinski definition) is 2. The molecule has 0 radical (unpaired) electrons. The van der Waals surface area contributed by atoms with Gasteiger partial charge in [0.2, 0.25) is 0 Å². The topological polar surface area (TPSA) is 75.2 Å². The number of nitrogens with zero attached hydrogens (tertiary/aromatic N) is 1. The minimum absolute atomic E-state index is 0.646. The number of H-pyrrole nitrogens is 1. The van der Waals surface area contributed by atoms with Crippen LogP contribution in [-0.2, 0) is 10.2 Å². The predicted octanol–water partition coefficient (Wildman–Crippen LogP) is 3.23. The molecule has 0 bridgehead atoms. The average Bonchev–Trinajstić information content (AvgIpc) is 2.84. The molecule has 0 spiro atoms. The number of aromatic amines is 1. The van der Waals surface area contributed by atoms with Crippen LogP contribution in [0, 0.1) is 0 Å². The van der Waals surface area contributed by atoms with Crippen molar-refractivity contribution < 1.29 is 14.6 Å². The summed E-state index contributed by atoms with van der Waals surface area (Å²) in [6.45, 7) is 0. The van der Waals surface area contributed by atoms with Gasteiger partial charge in [-0.3, -0.25) is 9.78 Å². The van der Waals surface area contributed by atoms with E-state index < -0.39 is 11.4 Å². The molecule has 5 nitrogen and oxygen atoms in total. The highest BCUT2D eigenvalue weighted by atomic mass is 16.5. The number of carboxylic acids is 1. The largest absolute Gasteiger partial charge is 0.497 e. The molecule has 0 amide bonds. The number of aliphatic carboxylic acids is 1. The summed E-state index contributed by atoms with van der Waals surface area (Å²) in [6, 6.07) is 7.73. The molecule has 2 heterocycles. The number of benzene rings is 1. The zero-order valence-electron chi connectivity index (χ0n) is 12.2. The third-order valence-corrected chi connectivity index (χ3v) is 4.80. The maximum absolute atomic E-state index is 11.8. The monoisotopic (exact) mass is 296 g/mol. The second-order valence-corrected chi connectivity index (χ2v) is 5.86. The molecular formula is C17H16N2O3. The number of methoxy groups -OCH3 is 1. The highest BCUT2D eigenvalue weighted by Crippen LogP contribution is 2.46. The van der Waals surface area contributed by atoms with Crippen molar-refractivity contribution in [2.45, 2.75) is 24.7 Å². The first-order valence-electron chi connectivity index (χ1n) is 7.34. The Balaban J connectivity index is 2.03. The first-order valence-corrected chi connectivity index (χ1v) is 7.34. The van der Waals surface area contributed by atoms with Gasteiger partial charge in [-0.2, -0.15) is 0 Å². The molecule has 1 saturated carbocycles. The van der Waals surface area contributed by atoms with Crippen LogP contribution in [0.5, 0.6) is 5.75 Å². The Morgan fingerprint density at radius 2 is 2.14 bits per heavy atom. The maximum Gasteiger partial charge on any atom is 0.315 e. The van der Waals surface area contributed by atoms with Crippen molar-refractivity contribution in [3.8, 4) is 5.75 Å². The summed E-state index contributed by atoms with van der Waals surface area (Å²) in [4.78, 5) is 19.6. The summed E-state index contributed by atoms with van der Waals surface area (Å²) in [7, 11) is 1.64. The lowest BCUT2D eigenvalue weighted by Gasteiger charge is -2.37. The van der Waals surface area contributed by atoms with Crippen molar-refractivity contribution >= 4 is 27.8 Å². The minimum atomic E-state index is -0.843. The lowest BCUT2D eigenvalue weighted by atomic mass is 9.66. The lowest BCUT2D eigenvalue weighted by molar-refractivity contribution is -0.147. The summed E-state index contributed by atoms with van der Waals surface area (Å²) in [6.07, 6.45) is 3.92. The van der Waals surface area contributed by atoms with E-state index in [9.17, 15) is 9.90 Å². The van der Waals surface area contributed by atoms with E-state index in [1.165, 1.54) is 0 Å². The van der Waals surface area contributed by atoms with Gasteiger partial charge in [-0.05, 0) is 37.1 Å². The summed E-state index contributed by atoms with van der Waals surface area (Å²) in [5, 5.41) is 11.7. The smallest absolute Gasteiger partial charge is 0.315 e. The maximum atomic E-state index is 11.8. The molecule has 2 aromatic heterocycles. The van der Waals surface area contributed by atoms with Crippen LogP contribution in [0.4, 0.5) is 0 Å². The van der Waals surface area contributed by atoms with Gasteiger partial charge in [0.25, 0.3) is 0 Å². The standard InChI is InChI=1S/C17H16N2O3/c1-22-10-3-4-13-12(9-10)11-5-8-18-15(14(11)19-13)17(16(20)21)6-2-7-17/h3-5,8-9,19H,2,6-7H2,1H3,(H,20,21). The first kappa shape index (κ1) is 13.1. The Morgan fingerprint density at radius 1 is 1.32 bits per heavy atom. The van der Waals surface area contributed by atoms with Crippen molar-refractivity contribution in [1.29, 1.82) is 0 Å². The van der Waals surface area contributed by atoms with Crippen LogP contribution in [0.2, 0.25) is 0 Å². The Bertz CT molecular complexity index is 893. The molecule has 2 N–H and O–H groups in total. The summed E-state index contributed by atoms with van der Waals surface area (Å²) >= 11 is 0. The number of rotatable bonds is 3. The number of carboxylic acid groups (broad SMARTS) is 1. The Hall–Kier alpha value is -2.56. The molecule has 5 heteroatoms. The van der Waals surface area contributed by atoms with E-state index >= 15 is 0 Å². The molecule has 22 heavy (non-hydrogen) atoms. The molecule has 112 valence electrons. The summed E-state index contributed by atoms with van der Waals surface area (Å²) in [5.74, 6) is -0.00154. The molecule has 3 aromatic rings. The fraction of sp³-hybridized carbons (Fsp3) is 0.294. The number of ether oxygens (including phenoxy) is 1. The van der Waals surface area contributed by atoms with Gasteiger partial charge in [0.05, 0.1) is 18.3 Å². The average molecular weight is 296 g/mol. The van der Waals surface area contributed by atoms with Gasteiger partial charge in [-0.15, -0.1) is 0 Å². The molecule has 1 aliphatic carbocycles. The molecular weight excluding hydrogens is 280 g/mol. The quantitative estimate of drug-likeness (QED) is 0.778. The van der Waals surface area contributed by atoms with Crippen LogP contribution < -0.4 is 4.74 Å². The van der Waals surface area contributed by atoms with E-state index in [0.717, 1.165) is 34.0 Å². The molecule has 1 aromatic carbocycles. The molecule has 4 rings (SSSR count). The van der Waals surface area contributed by atoms with Gasteiger partial charge in [-0.25, -0.2) is 0 Å². The minimum Gasteiger partial charge on any atom is -0.497 e. The third kappa shape index (κ3) is 1.59. The zero-order valence-corrected chi connectivity index (χ0v) is 12.2. The molecule has 0 aliphatic heterocycles. The van der Waals surface area contributed by atoms with Crippen molar-refractivity contribution in [2.24, 2.45) is 0 Å². The molecule has 1 fully saturated rings. The SMILES string of the molecule is COc1ccc2[nH]c3c(C4(C(=O)O)CCC4)nccc3c2c1. The third-order valence-electron chi connectivity index (χ3n) is 4.80. The van der Waals surface area contributed by atoms with E-state index in [2.05, 4.69) is 9.97 Å². The van der Waals surface area contributed by atoms with E-state index in [4.69, 9.17) is 4.74 Å². The molecule has 1 aliphatic rings. The van der Waals surface area contributed by atoms with Gasteiger partial charge in [0, 0.05) is 22.5 Å². The number of aromatic nitrogens is 2. The van der Waals surface area contributed by atoms with Gasteiger partial charge in [0.1, 0.15) is 11.2 Å². The van der Waals surface area contributed by atoms with Crippen molar-refractivity contribution in [3.05, 3.63) is 36.2 Å². The number of fused-ring (bicyclic) bond motifs is 3.